The van der Waals surface area contributed by atoms with Gasteiger partial charge in [-0.2, -0.15) is 0 Å². The zero-order chi connectivity index (χ0) is 16.5. The fourth-order valence-electron chi connectivity index (χ4n) is 3.63. The predicted octanol–water partition coefficient (Wildman–Crippen LogP) is 7.97. The van der Waals surface area contributed by atoms with Crippen LogP contribution in [-0.2, 0) is 0 Å². The van der Waals surface area contributed by atoms with E-state index >= 15 is 0 Å². The minimum absolute atomic E-state index is 0.404. The van der Waals surface area contributed by atoms with Crippen molar-refractivity contribution in [3.05, 3.63) is 29.8 Å². The van der Waals surface area contributed by atoms with Gasteiger partial charge in [-0.05, 0) is 42.9 Å². The summed E-state index contributed by atoms with van der Waals surface area (Å²) in [4.78, 5) is 1.45. The molecule has 0 saturated heterocycles. The smallest absolute Gasteiger partial charge is 0.0176 e. The predicted molar refractivity (Wildman–Crippen MR) is 106 cm³/mol. The summed E-state index contributed by atoms with van der Waals surface area (Å²) in [7, 11) is 0. The Morgan fingerprint density at radius 3 is 2.09 bits per heavy atom. The van der Waals surface area contributed by atoms with Gasteiger partial charge in [0.05, 0.1) is 0 Å². The molecule has 0 aliphatic carbocycles. The lowest BCUT2D eigenvalue weighted by Gasteiger charge is -2.28. The molecule has 1 heteroatoms. The van der Waals surface area contributed by atoms with Crippen LogP contribution >= 0.6 is 11.8 Å². The summed E-state index contributed by atoms with van der Waals surface area (Å²) >= 11 is 2.10. The van der Waals surface area contributed by atoms with Crippen molar-refractivity contribution in [1.29, 1.82) is 0 Å². The first-order valence-electron chi connectivity index (χ1n) is 9.92. The third-order valence-electron chi connectivity index (χ3n) is 5.65. The van der Waals surface area contributed by atoms with Crippen LogP contribution in [0.3, 0.4) is 0 Å². The zero-order valence-corrected chi connectivity index (χ0v) is 16.4. The molecule has 2 bridgehead atoms. The van der Waals surface area contributed by atoms with E-state index in [9.17, 15) is 0 Å². The molecule has 0 amide bonds. The molecule has 0 aromatic heterocycles. The van der Waals surface area contributed by atoms with Crippen molar-refractivity contribution in [2.24, 2.45) is 0 Å². The number of thioether (sulfide) groups is 1. The molecule has 0 N–H and O–H groups in total. The molecular formula is C22H36S. The van der Waals surface area contributed by atoms with E-state index in [1.54, 1.807) is 0 Å². The van der Waals surface area contributed by atoms with E-state index in [2.05, 4.69) is 56.8 Å². The number of fused-ring (bicyclic) bond motifs is 14. The minimum atomic E-state index is 0.404. The maximum atomic E-state index is 2.46. The Bertz CT molecular complexity index is 436. The van der Waals surface area contributed by atoms with Crippen LogP contribution in [0.5, 0.6) is 0 Å². The number of benzene rings is 1. The van der Waals surface area contributed by atoms with Crippen LogP contribution in [0.2, 0.25) is 0 Å². The molecule has 0 radical (unpaired) electrons. The van der Waals surface area contributed by atoms with E-state index in [4.69, 9.17) is 0 Å². The first kappa shape index (κ1) is 18.9. The highest BCUT2D eigenvalue weighted by molar-refractivity contribution is 8.00. The molecule has 1 aromatic rings. The van der Waals surface area contributed by atoms with E-state index in [0.29, 0.717) is 10.7 Å². The van der Waals surface area contributed by atoms with Gasteiger partial charge in [0.15, 0.2) is 0 Å². The molecule has 3 rings (SSSR count). The summed E-state index contributed by atoms with van der Waals surface area (Å²) in [5.41, 5.74) is 1.52. The second-order valence-corrected chi connectivity index (χ2v) is 9.40. The third-order valence-corrected chi connectivity index (χ3v) is 7.15. The molecule has 2 atom stereocenters. The van der Waals surface area contributed by atoms with Gasteiger partial charge in [-0.25, -0.2) is 0 Å². The quantitative estimate of drug-likeness (QED) is 0.502. The lowest BCUT2D eigenvalue weighted by Crippen LogP contribution is -2.18. The van der Waals surface area contributed by atoms with Crippen LogP contribution in [0.1, 0.15) is 103 Å². The van der Waals surface area contributed by atoms with Crippen LogP contribution in [0.15, 0.2) is 29.2 Å². The van der Waals surface area contributed by atoms with E-state index < -0.39 is 0 Å². The summed E-state index contributed by atoms with van der Waals surface area (Å²) in [6, 6.07) is 9.48. The molecule has 1 aromatic carbocycles. The Labute approximate surface area is 148 Å². The normalized spacial score (nSPS) is 28.4. The monoisotopic (exact) mass is 332 g/mol. The van der Waals surface area contributed by atoms with Crippen LogP contribution in [0.4, 0.5) is 0 Å². The molecule has 0 fully saturated rings. The Kier molecular flexibility index (Phi) is 8.03. The molecular weight excluding hydrogens is 296 g/mol. The summed E-state index contributed by atoms with van der Waals surface area (Å²) < 4.78 is 0.404. The van der Waals surface area contributed by atoms with E-state index in [1.165, 1.54) is 81.1 Å². The maximum absolute atomic E-state index is 2.46. The summed E-state index contributed by atoms with van der Waals surface area (Å²) in [5, 5.41) is 0. The van der Waals surface area contributed by atoms with Crippen LogP contribution < -0.4 is 0 Å². The van der Waals surface area contributed by atoms with Gasteiger partial charge >= 0.3 is 0 Å². The van der Waals surface area contributed by atoms with Gasteiger partial charge < -0.3 is 0 Å². The molecule has 0 spiro atoms. The van der Waals surface area contributed by atoms with Crippen molar-refractivity contribution in [1.82, 2.24) is 0 Å². The van der Waals surface area contributed by atoms with Gasteiger partial charge in [-0.3, -0.25) is 0 Å². The maximum Gasteiger partial charge on any atom is 0.0176 e. The van der Waals surface area contributed by atoms with Crippen molar-refractivity contribution in [2.75, 3.05) is 0 Å². The largest absolute Gasteiger partial charge is 0.120 e. The highest BCUT2D eigenvalue weighted by atomic mass is 32.2. The van der Waals surface area contributed by atoms with Gasteiger partial charge in [0.2, 0.25) is 0 Å². The third kappa shape index (κ3) is 6.53. The topological polar surface area (TPSA) is 0 Å². The second-order valence-electron chi connectivity index (χ2n) is 7.74. The Balaban J connectivity index is 2.05. The standard InChI is InChI=1S/C22H36S/c1-4-22(3)18-12-10-8-6-5-7-9-11-13-19(2)20-14-16-21(23-22)17-15-20/h14-17,19H,4-13,18H2,1-3H3. The fraction of sp³-hybridized carbons (Fsp3) is 0.727. The highest BCUT2D eigenvalue weighted by Crippen LogP contribution is 2.40. The number of hydrogen-bond acceptors (Lipinski definition) is 1. The average Bonchev–Trinajstić information content (AvgIpc) is 2.56. The Morgan fingerprint density at radius 1 is 0.913 bits per heavy atom. The molecule has 2 aliphatic heterocycles. The molecule has 130 valence electrons. The molecule has 0 saturated carbocycles. The van der Waals surface area contributed by atoms with E-state index in [1.807, 2.05) is 0 Å². The van der Waals surface area contributed by atoms with Gasteiger partial charge in [-0.15, -0.1) is 11.8 Å². The lowest BCUT2D eigenvalue weighted by atomic mass is 9.94. The second kappa shape index (κ2) is 9.77. The summed E-state index contributed by atoms with van der Waals surface area (Å²) in [6.45, 7) is 7.21. The fourth-order valence-corrected chi connectivity index (χ4v) is 4.86. The summed E-state index contributed by atoms with van der Waals surface area (Å²) in [5.74, 6) is 0.710. The first-order valence-corrected chi connectivity index (χ1v) is 10.7. The number of hydrogen-bond donors (Lipinski definition) is 0. The number of rotatable bonds is 1. The Morgan fingerprint density at radius 2 is 1.48 bits per heavy atom. The van der Waals surface area contributed by atoms with Crippen LogP contribution in [-0.4, -0.2) is 4.75 Å². The van der Waals surface area contributed by atoms with Crippen LogP contribution in [0.25, 0.3) is 0 Å². The molecule has 0 nitrogen and oxygen atoms in total. The molecule has 23 heavy (non-hydrogen) atoms. The molecule has 2 aliphatic rings. The highest BCUT2D eigenvalue weighted by Gasteiger charge is 2.23. The Hall–Kier alpha value is -0.430. The van der Waals surface area contributed by atoms with Gasteiger partial charge in [0.25, 0.3) is 0 Å². The molecule has 2 heterocycles. The zero-order valence-electron chi connectivity index (χ0n) is 15.6. The minimum Gasteiger partial charge on any atom is -0.120 e. The first-order chi connectivity index (χ1) is 11.1. The van der Waals surface area contributed by atoms with Gasteiger partial charge in [-0.1, -0.05) is 84.3 Å². The lowest BCUT2D eigenvalue weighted by molar-refractivity contribution is 0.499. The van der Waals surface area contributed by atoms with Crippen molar-refractivity contribution in [3.63, 3.8) is 0 Å². The van der Waals surface area contributed by atoms with Crippen molar-refractivity contribution >= 4 is 11.8 Å². The SMILES string of the molecule is CCC1(C)CCCCCCCCCCC(C)c2ccc(cc2)S1. The van der Waals surface area contributed by atoms with E-state index in [0.717, 1.165) is 0 Å². The van der Waals surface area contributed by atoms with Gasteiger partial charge in [0, 0.05) is 9.64 Å². The van der Waals surface area contributed by atoms with Gasteiger partial charge in [0.1, 0.15) is 0 Å². The van der Waals surface area contributed by atoms with Crippen molar-refractivity contribution < 1.29 is 0 Å². The van der Waals surface area contributed by atoms with E-state index in [-0.39, 0.29) is 0 Å². The van der Waals surface area contributed by atoms with Crippen LogP contribution in [0, 0.1) is 0 Å². The average molecular weight is 333 g/mol. The molecule has 2 unspecified atom stereocenters. The van der Waals surface area contributed by atoms with Crippen molar-refractivity contribution in [2.45, 2.75) is 107 Å². The van der Waals surface area contributed by atoms with Crippen molar-refractivity contribution in [3.8, 4) is 0 Å². The summed E-state index contributed by atoms with van der Waals surface area (Å²) in [6.07, 6.45) is 15.4.